The van der Waals surface area contributed by atoms with Crippen molar-refractivity contribution in [2.45, 2.75) is 13.3 Å². The SMILES string of the molecule is CCOC(=O)c1ccccc1NC(=O)N1CCc2cc(-c3ccc(C(=O)N4CCOCC4)cc3)ccc21. The lowest BCUT2D eigenvalue weighted by atomic mass is 10.0. The smallest absolute Gasteiger partial charge is 0.340 e. The molecule has 0 aromatic heterocycles. The van der Waals surface area contributed by atoms with Gasteiger partial charge < -0.3 is 19.7 Å². The number of hydrogen-bond donors (Lipinski definition) is 1. The summed E-state index contributed by atoms with van der Waals surface area (Å²) in [7, 11) is 0. The first-order valence-electron chi connectivity index (χ1n) is 12.5. The van der Waals surface area contributed by atoms with Crippen LogP contribution in [-0.2, 0) is 15.9 Å². The van der Waals surface area contributed by atoms with Gasteiger partial charge in [-0.15, -0.1) is 0 Å². The maximum Gasteiger partial charge on any atom is 0.340 e. The summed E-state index contributed by atoms with van der Waals surface area (Å²) < 4.78 is 10.4. The maximum absolute atomic E-state index is 13.1. The number of fused-ring (bicyclic) bond motifs is 1. The van der Waals surface area contributed by atoms with E-state index >= 15 is 0 Å². The second-order valence-corrected chi connectivity index (χ2v) is 8.92. The van der Waals surface area contributed by atoms with E-state index in [1.54, 1.807) is 36.1 Å². The lowest BCUT2D eigenvalue weighted by Crippen LogP contribution is -2.40. The molecule has 0 radical (unpaired) electrons. The fraction of sp³-hybridized carbons (Fsp3) is 0.276. The van der Waals surface area contributed by atoms with Gasteiger partial charge in [-0.1, -0.05) is 30.3 Å². The number of carbonyl (C=O) groups excluding carboxylic acids is 3. The van der Waals surface area contributed by atoms with E-state index in [2.05, 4.69) is 11.4 Å². The zero-order valence-electron chi connectivity index (χ0n) is 20.7. The fourth-order valence-corrected chi connectivity index (χ4v) is 4.71. The summed E-state index contributed by atoms with van der Waals surface area (Å²) in [4.78, 5) is 41.6. The van der Waals surface area contributed by atoms with E-state index < -0.39 is 5.97 Å². The Bertz CT molecular complexity index is 1320. The third-order valence-corrected chi connectivity index (χ3v) is 6.65. The van der Waals surface area contributed by atoms with Crippen molar-refractivity contribution in [3.63, 3.8) is 0 Å². The number of para-hydroxylation sites is 1. The number of esters is 1. The first-order chi connectivity index (χ1) is 18.0. The van der Waals surface area contributed by atoms with E-state index in [0.29, 0.717) is 49.7 Å². The summed E-state index contributed by atoms with van der Waals surface area (Å²) in [5, 5.41) is 2.87. The van der Waals surface area contributed by atoms with Crippen molar-refractivity contribution in [3.8, 4) is 11.1 Å². The van der Waals surface area contributed by atoms with Crippen molar-refractivity contribution in [3.05, 3.63) is 83.4 Å². The molecule has 1 N–H and O–H groups in total. The second-order valence-electron chi connectivity index (χ2n) is 8.92. The number of morpholine rings is 1. The Balaban J connectivity index is 1.29. The Morgan fingerprint density at radius 3 is 2.41 bits per heavy atom. The van der Waals surface area contributed by atoms with Gasteiger partial charge in [-0.2, -0.15) is 0 Å². The summed E-state index contributed by atoms with van der Waals surface area (Å²) in [6, 6.07) is 20.2. The van der Waals surface area contributed by atoms with E-state index in [0.717, 1.165) is 28.8 Å². The number of nitrogens with zero attached hydrogens (tertiary/aromatic N) is 2. The van der Waals surface area contributed by atoms with Crippen LogP contribution in [0.1, 0.15) is 33.2 Å². The number of nitrogens with one attached hydrogen (secondary N) is 1. The number of rotatable bonds is 5. The third-order valence-electron chi connectivity index (χ3n) is 6.65. The number of carbonyl (C=O) groups is 3. The Labute approximate surface area is 215 Å². The molecule has 0 atom stereocenters. The average Bonchev–Trinajstić information content (AvgIpc) is 3.37. The Morgan fingerprint density at radius 2 is 1.65 bits per heavy atom. The molecular weight excluding hydrogens is 470 g/mol. The van der Waals surface area contributed by atoms with Gasteiger partial charge in [0.05, 0.1) is 31.1 Å². The largest absolute Gasteiger partial charge is 0.462 e. The van der Waals surface area contributed by atoms with Gasteiger partial charge in [0.2, 0.25) is 0 Å². The fourth-order valence-electron chi connectivity index (χ4n) is 4.71. The van der Waals surface area contributed by atoms with Crippen LogP contribution in [0.5, 0.6) is 0 Å². The van der Waals surface area contributed by atoms with Gasteiger partial charge in [-0.25, -0.2) is 9.59 Å². The number of amides is 3. The average molecular weight is 500 g/mol. The molecule has 0 saturated carbocycles. The molecule has 37 heavy (non-hydrogen) atoms. The predicted octanol–water partition coefficient (Wildman–Crippen LogP) is 4.60. The summed E-state index contributed by atoms with van der Waals surface area (Å²) in [5.41, 5.74) is 5.35. The molecule has 0 spiro atoms. The van der Waals surface area contributed by atoms with Crippen LogP contribution in [0.2, 0.25) is 0 Å². The summed E-state index contributed by atoms with van der Waals surface area (Å²) >= 11 is 0. The van der Waals surface area contributed by atoms with E-state index in [9.17, 15) is 14.4 Å². The maximum atomic E-state index is 13.1. The molecular formula is C29H29N3O5. The summed E-state index contributed by atoms with van der Waals surface area (Å²) in [5.74, 6) is -0.447. The molecule has 0 aliphatic carbocycles. The molecule has 2 heterocycles. The minimum absolute atomic E-state index is 0.0231. The van der Waals surface area contributed by atoms with E-state index in [1.165, 1.54) is 0 Å². The molecule has 2 aliphatic rings. The summed E-state index contributed by atoms with van der Waals surface area (Å²) in [6.07, 6.45) is 0.726. The van der Waals surface area contributed by atoms with Gasteiger partial charge in [-0.05, 0) is 66.4 Å². The van der Waals surface area contributed by atoms with E-state index in [1.807, 2.05) is 41.3 Å². The van der Waals surface area contributed by atoms with Crippen molar-refractivity contribution in [2.24, 2.45) is 0 Å². The molecule has 8 heteroatoms. The van der Waals surface area contributed by atoms with Crippen molar-refractivity contribution in [1.29, 1.82) is 0 Å². The van der Waals surface area contributed by atoms with Crippen LogP contribution in [0.4, 0.5) is 16.2 Å². The predicted molar refractivity (Wildman–Crippen MR) is 141 cm³/mol. The van der Waals surface area contributed by atoms with Crippen LogP contribution in [0.15, 0.2) is 66.7 Å². The highest BCUT2D eigenvalue weighted by Crippen LogP contribution is 2.33. The standard InChI is InChI=1S/C29H29N3O5/c1-2-37-28(34)24-5-3-4-6-25(24)30-29(35)32-14-13-23-19-22(11-12-26(23)32)20-7-9-21(10-8-20)27(33)31-15-17-36-18-16-31/h3-12,19H,2,13-18H2,1H3,(H,30,35). The van der Waals surface area contributed by atoms with Gasteiger partial charge >= 0.3 is 12.0 Å². The molecule has 190 valence electrons. The number of anilines is 2. The minimum Gasteiger partial charge on any atom is -0.462 e. The molecule has 1 fully saturated rings. The number of hydrogen-bond acceptors (Lipinski definition) is 5. The van der Waals surface area contributed by atoms with Gasteiger partial charge in [0.25, 0.3) is 5.91 Å². The Hall–Kier alpha value is -4.17. The first kappa shape index (κ1) is 24.5. The third kappa shape index (κ3) is 5.20. The molecule has 1 saturated heterocycles. The van der Waals surface area contributed by atoms with Crippen LogP contribution >= 0.6 is 0 Å². The van der Waals surface area contributed by atoms with Crippen molar-refractivity contribution >= 4 is 29.3 Å². The lowest BCUT2D eigenvalue weighted by molar-refractivity contribution is 0.0303. The zero-order valence-corrected chi connectivity index (χ0v) is 20.7. The number of benzene rings is 3. The molecule has 8 nitrogen and oxygen atoms in total. The lowest BCUT2D eigenvalue weighted by Gasteiger charge is -2.26. The minimum atomic E-state index is -0.470. The van der Waals surface area contributed by atoms with Crippen LogP contribution in [-0.4, -0.2) is 62.3 Å². The highest BCUT2D eigenvalue weighted by molar-refractivity contribution is 6.07. The number of urea groups is 1. The Kier molecular flexibility index (Phi) is 7.18. The van der Waals surface area contributed by atoms with Crippen molar-refractivity contribution in [1.82, 2.24) is 4.90 Å². The highest BCUT2D eigenvalue weighted by atomic mass is 16.5. The van der Waals surface area contributed by atoms with Crippen molar-refractivity contribution in [2.75, 3.05) is 49.7 Å². The van der Waals surface area contributed by atoms with Crippen LogP contribution in [0.3, 0.4) is 0 Å². The molecule has 3 amide bonds. The van der Waals surface area contributed by atoms with Gasteiger partial charge in [0.1, 0.15) is 0 Å². The topological polar surface area (TPSA) is 88.2 Å². The number of ether oxygens (including phenoxy) is 2. The van der Waals surface area contributed by atoms with E-state index in [-0.39, 0.29) is 18.5 Å². The first-order valence-corrected chi connectivity index (χ1v) is 12.5. The zero-order chi connectivity index (χ0) is 25.8. The van der Waals surface area contributed by atoms with Gasteiger partial charge in [0.15, 0.2) is 0 Å². The molecule has 0 bridgehead atoms. The molecule has 3 aromatic carbocycles. The quantitative estimate of drug-likeness (QED) is 0.519. The van der Waals surface area contributed by atoms with Crippen molar-refractivity contribution < 1.29 is 23.9 Å². The van der Waals surface area contributed by atoms with Gasteiger partial charge in [0, 0.05) is 30.9 Å². The van der Waals surface area contributed by atoms with Crippen LogP contribution in [0, 0.1) is 0 Å². The second kappa shape index (κ2) is 10.8. The Morgan fingerprint density at radius 1 is 0.919 bits per heavy atom. The van der Waals surface area contributed by atoms with Crippen LogP contribution < -0.4 is 10.2 Å². The normalized spacial score (nSPS) is 14.7. The van der Waals surface area contributed by atoms with Crippen LogP contribution in [0.25, 0.3) is 11.1 Å². The molecule has 0 unspecified atom stereocenters. The molecule has 3 aromatic rings. The monoisotopic (exact) mass is 499 g/mol. The van der Waals surface area contributed by atoms with E-state index in [4.69, 9.17) is 9.47 Å². The molecule has 5 rings (SSSR count). The molecule has 2 aliphatic heterocycles. The van der Waals surface area contributed by atoms with Gasteiger partial charge in [-0.3, -0.25) is 9.69 Å². The summed E-state index contributed by atoms with van der Waals surface area (Å²) in [6.45, 7) is 4.93. The highest BCUT2D eigenvalue weighted by Gasteiger charge is 2.26.